The van der Waals surface area contributed by atoms with Crippen LogP contribution in [0.2, 0.25) is 10.0 Å². The maximum absolute atomic E-state index is 12.9. The molecule has 0 fully saturated rings. The lowest BCUT2D eigenvalue weighted by atomic mass is 10.2. The van der Waals surface area contributed by atoms with Gasteiger partial charge in [-0.2, -0.15) is 0 Å². The lowest BCUT2D eigenvalue weighted by Gasteiger charge is -1.96. The summed E-state index contributed by atoms with van der Waals surface area (Å²) < 4.78 is 2.01. The summed E-state index contributed by atoms with van der Waals surface area (Å²) in [7, 11) is 0. The average molecular weight is 363 g/mol. The third kappa shape index (κ3) is 2.09. The van der Waals surface area contributed by atoms with E-state index < -0.39 is 0 Å². The minimum atomic E-state index is -0.0996. The Bertz CT molecular complexity index is 948. The van der Waals surface area contributed by atoms with Crippen molar-refractivity contribution in [3.8, 4) is 0 Å². The number of benzene rings is 2. The molecule has 0 saturated heterocycles. The molecule has 0 aliphatic rings. The van der Waals surface area contributed by atoms with E-state index in [2.05, 4.69) is 0 Å². The van der Waals surface area contributed by atoms with E-state index in [1.807, 2.05) is 48.5 Å². The van der Waals surface area contributed by atoms with Crippen LogP contribution in [0.1, 0.15) is 14.5 Å². The van der Waals surface area contributed by atoms with Gasteiger partial charge in [0.1, 0.15) is 0 Å². The molecular weight excluding hydrogens is 355 g/mol. The van der Waals surface area contributed by atoms with Crippen molar-refractivity contribution in [2.24, 2.45) is 0 Å². The summed E-state index contributed by atoms with van der Waals surface area (Å²) in [6.07, 6.45) is 0. The van der Waals surface area contributed by atoms with E-state index in [0.717, 1.165) is 20.2 Å². The molecule has 1 nitrogen and oxygen atoms in total. The van der Waals surface area contributed by atoms with Crippen LogP contribution in [0, 0.1) is 0 Å². The summed E-state index contributed by atoms with van der Waals surface area (Å²) in [4.78, 5) is 14.0. The van der Waals surface area contributed by atoms with Gasteiger partial charge in [0.15, 0.2) is 0 Å². The Morgan fingerprint density at radius 2 is 1.14 bits per heavy atom. The van der Waals surface area contributed by atoms with Crippen LogP contribution in [0.25, 0.3) is 20.2 Å². The van der Waals surface area contributed by atoms with Crippen LogP contribution in [-0.2, 0) is 0 Å². The lowest BCUT2D eigenvalue weighted by Crippen LogP contribution is -1.96. The van der Waals surface area contributed by atoms with Gasteiger partial charge in [-0.15, -0.1) is 22.7 Å². The zero-order valence-electron chi connectivity index (χ0n) is 11.1. The monoisotopic (exact) mass is 362 g/mol. The molecule has 0 saturated carbocycles. The molecule has 0 atom stereocenters. The zero-order valence-corrected chi connectivity index (χ0v) is 14.2. The number of fused-ring (bicyclic) bond motifs is 2. The highest BCUT2D eigenvalue weighted by atomic mass is 35.5. The van der Waals surface area contributed by atoms with Crippen molar-refractivity contribution in [3.05, 3.63) is 68.3 Å². The molecule has 108 valence electrons. The van der Waals surface area contributed by atoms with Gasteiger partial charge in [0.2, 0.25) is 5.78 Å². The van der Waals surface area contributed by atoms with Gasteiger partial charge in [-0.25, -0.2) is 0 Å². The van der Waals surface area contributed by atoms with E-state index in [0.29, 0.717) is 19.8 Å². The molecule has 2 aromatic carbocycles. The highest BCUT2D eigenvalue weighted by Gasteiger charge is 2.23. The molecule has 2 aromatic heterocycles. The number of rotatable bonds is 2. The third-order valence-electron chi connectivity index (χ3n) is 3.48. The van der Waals surface area contributed by atoms with Crippen LogP contribution in [0.3, 0.4) is 0 Å². The van der Waals surface area contributed by atoms with Crippen LogP contribution >= 0.6 is 45.9 Å². The van der Waals surface area contributed by atoms with E-state index in [1.54, 1.807) is 0 Å². The fourth-order valence-corrected chi connectivity index (χ4v) is 5.41. The molecule has 0 spiro atoms. The molecule has 0 unspecified atom stereocenters. The first-order valence-corrected chi connectivity index (χ1v) is 8.94. The maximum Gasteiger partial charge on any atom is 0.215 e. The summed E-state index contributed by atoms with van der Waals surface area (Å²) >= 11 is 15.6. The Morgan fingerprint density at radius 1 is 0.727 bits per heavy atom. The van der Waals surface area contributed by atoms with Gasteiger partial charge in [-0.1, -0.05) is 59.6 Å². The fraction of sp³-hybridized carbons (Fsp3) is 0. The van der Waals surface area contributed by atoms with E-state index in [4.69, 9.17) is 23.2 Å². The van der Waals surface area contributed by atoms with Crippen molar-refractivity contribution in [1.82, 2.24) is 0 Å². The number of hydrogen-bond acceptors (Lipinski definition) is 3. The van der Waals surface area contributed by atoms with Crippen molar-refractivity contribution >= 4 is 71.8 Å². The molecule has 0 amide bonds. The SMILES string of the molecule is O=C(c1sc2ccccc2c1Cl)c1sc2ccccc2c1Cl. The lowest BCUT2D eigenvalue weighted by molar-refractivity contribution is 0.104. The van der Waals surface area contributed by atoms with Gasteiger partial charge < -0.3 is 0 Å². The third-order valence-corrected chi connectivity index (χ3v) is 6.83. The number of halogens is 2. The van der Waals surface area contributed by atoms with Gasteiger partial charge in [-0.3, -0.25) is 4.79 Å². The average Bonchev–Trinajstić information content (AvgIpc) is 3.06. The largest absolute Gasteiger partial charge is 0.287 e. The van der Waals surface area contributed by atoms with Crippen molar-refractivity contribution < 1.29 is 4.79 Å². The normalized spacial score (nSPS) is 11.4. The molecule has 0 aliphatic carbocycles. The molecule has 5 heteroatoms. The summed E-state index contributed by atoms with van der Waals surface area (Å²) in [5, 5.41) is 2.85. The number of thiophene rings is 2. The van der Waals surface area contributed by atoms with Gasteiger partial charge in [0.05, 0.1) is 19.8 Å². The molecular formula is C17H8Cl2OS2. The second kappa shape index (κ2) is 5.36. The smallest absolute Gasteiger partial charge is 0.215 e. The molecule has 2 heterocycles. The van der Waals surface area contributed by atoms with Gasteiger partial charge in [0, 0.05) is 20.2 Å². The van der Waals surface area contributed by atoms with Crippen molar-refractivity contribution in [3.63, 3.8) is 0 Å². The topological polar surface area (TPSA) is 17.1 Å². The van der Waals surface area contributed by atoms with Crippen LogP contribution in [0.5, 0.6) is 0 Å². The summed E-state index contributed by atoms with van der Waals surface area (Å²) in [5.41, 5.74) is 0. The van der Waals surface area contributed by atoms with E-state index >= 15 is 0 Å². The highest BCUT2D eigenvalue weighted by molar-refractivity contribution is 7.25. The first-order chi connectivity index (χ1) is 10.7. The summed E-state index contributed by atoms with van der Waals surface area (Å²) in [5.74, 6) is -0.0996. The van der Waals surface area contributed by atoms with E-state index in [9.17, 15) is 4.79 Å². The summed E-state index contributed by atoms with van der Waals surface area (Å²) in [6, 6.07) is 15.5. The Kier molecular flexibility index (Phi) is 3.46. The van der Waals surface area contributed by atoms with Crippen LogP contribution < -0.4 is 0 Å². The molecule has 22 heavy (non-hydrogen) atoms. The molecule has 0 radical (unpaired) electrons. The Balaban J connectivity index is 1.92. The molecule has 4 aromatic rings. The summed E-state index contributed by atoms with van der Waals surface area (Å²) in [6.45, 7) is 0. The second-order valence-electron chi connectivity index (χ2n) is 4.81. The number of hydrogen-bond donors (Lipinski definition) is 0. The predicted octanol–water partition coefficient (Wildman–Crippen LogP) is 6.65. The van der Waals surface area contributed by atoms with Crippen molar-refractivity contribution in [2.75, 3.05) is 0 Å². The van der Waals surface area contributed by atoms with Gasteiger partial charge >= 0.3 is 0 Å². The maximum atomic E-state index is 12.9. The Hall–Kier alpha value is -1.39. The Morgan fingerprint density at radius 3 is 1.55 bits per heavy atom. The minimum Gasteiger partial charge on any atom is -0.287 e. The van der Waals surface area contributed by atoms with E-state index in [1.165, 1.54) is 22.7 Å². The Labute approximate surface area is 144 Å². The van der Waals surface area contributed by atoms with Crippen molar-refractivity contribution in [2.45, 2.75) is 0 Å². The predicted molar refractivity (Wildman–Crippen MR) is 97.1 cm³/mol. The number of carbonyl (C=O) groups excluding carboxylic acids is 1. The van der Waals surface area contributed by atoms with Gasteiger partial charge in [-0.05, 0) is 12.1 Å². The molecule has 0 aliphatic heterocycles. The van der Waals surface area contributed by atoms with Crippen LogP contribution in [0.15, 0.2) is 48.5 Å². The van der Waals surface area contributed by atoms with Gasteiger partial charge in [0.25, 0.3) is 0 Å². The first-order valence-electron chi connectivity index (χ1n) is 6.55. The minimum absolute atomic E-state index is 0.0996. The standard InChI is InChI=1S/C17H8Cl2OS2/c18-13-9-5-1-3-7-11(9)21-16(13)15(20)17-14(19)10-6-2-4-8-12(10)22-17/h1-8H. The quantitative estimate of drug-likeness (QED) is 0.364. The molecule has 4 rings (SSSR count). The molecule has 0 N–H and O–H groups in total. The molecule has 0 bridgehead atoms. The van der Waals surface area contributed by atoms with Crippen molar-refractivity contribution in [1.29, 1.82) is 0 Å². The second-order valence-corrected chi connectivity index (χ2v) is 7.67. The highest BCUT2D eigenvalue weighted by Crippen LogP contribution is 2.41. The van der Waals surface area contributed by atoms with Crippen LogP contribution in [0.4, 0.5) is 0 Å². The zero-order chi connectivity index (χ0) is 15.3. The first kappa shape index (κ1) is 14.2. The number of carbonyl (C=O) groups is 1. The van der Waals surface area contributed by atoms with E-state index in [-0.39, 0.29) is 5.78 Å². The van der Waals surface area contributed by atoms with Crippen LogP contribution in [-0.4, -0.2) is 5.78 Å². The fourth-order valence-electron chi connectivity index (χ4n) is 2.42. The number of ketones is 1.